The lowest BCUT2D eigenvalue weighted by atomic mass is 10.1. The molecule has 2 N–H and O–H groups in total. The molecule has 4 nitrogen and oxygen atoms in total. The molecule has 2 aromatic heterocycles. The minimum atomic E-state index is 0.519. The van der Waals surface area contributed by atoms with E-state index in [4.69, 9.17) is 5.73 Å². The maximum absolute atomic E-state index is 5.74. The van der Waals surface area contributed by atoms with Crippen molar-refractivity contribution in [2.75, 3.05) is 0 Å². The van der Waals surface area contributed by atoms with Gasteiger partial charge in [-0.25, -0.2) is 0 Å². The van der Waals surface area contributed by atoms with Crippen molar-refractivity contribution in [3.05, 3.63) is 65.5 Å². The first-order chi connectivity index (χ1) is 10.9. The maximum atomic E-state index is 5.74. The van der Waals surface area contributed by atoms with Gasteiger partial charge in [-0.2, -0.15) is 0 Å². The lowest BCUT2D eigenvalue weighted by molar-refractivity contribution is 1.06. The molecule has 108 valence electrons. The highest BCUT2D eigenvalue weighted by Crippen LogP contribution is 2.30. The molecule has 5 heteroatoms. The van der Waals surface area contributed by atoms with E-state index in [1.807, 2.05) is 36.4 Å². The Morgan fingerprint density at radius 3 is 2.59 bits per heavy atom. The first-order valence-electron chi connectivity index (χ1n) is 7.04. The summed E-state index contributed by atoms with van der Waals surface area (Å²) in [6.45, 7) is 0.519. The lowest BCUT2D eigenvalue weighted by Gasteiger charge is -2.04. The van der Waals surface area contributed by atoms with Gasteiger partial charge in [0.05, 0.1) is 5.69 Å². The van der Waals surface area contributed by atoms with Gasteiger partial charge in [0.15, 0.2) is 5.82 Å². The Hall–Kier alpha value is -2.50. The van der Waals surface area contributed by atoms with Crippen molar-refractivity contribution in [1.82, 2.24) is 14.6 Å². The lowest BCUT2D eigenvalue weighted by Crippen LogP contribution is -1.97. The number of hydrogen-bond donors (Lipinski definition) is 1. The van der Waals surface area contributed by atoms with Gasteiger partial charge in [0.25, 0.3) is 0 Å². The summed E-state index contributed by atoms with van der Waals surface area (Å²) in [5, 5.41) is 10.8. The van der Waals surface area contributed by atoms with Gasteiger partial charge in [0, 0.05) is 17.5 Å². The summed E-state index contributed by atoms with van der Waals surface area (Å²) in [7, 11) is 0. The molecular weight excluding hydrogens is 292 g/mol. The van der Waals surface area contributed by atoms with Gasteiger partial charge in [-0.05, 0) is 17.2 Å². The van der Waals surface area contributed by atoms with E-state index in [0.29, 0.717) is 6.54 Å². The molecule has 4 rings (SSSR count). The predicted molar refractivity (Wildman–Crippen MR) is 89.6 cm³/mol. The molecule has 0 spiro atoms. The number of nitrogens with zero attached hydrogens (tertiary/aromatic N) is 3. The first-order valence-corrected chi connectivity index (χ1v) is 7.92. The third kappa shape index (κ3) is 2.11. The fourth-order valence-corrected chi connectivity index (χ4v) is 3.39. The van der Waals surface area contributed by atoms with Gasteiger partial charge >= 0.3 is 0 Å². The minimum Gasteiger partial charge on any atom is -0.326 e. The Balaban J connectivity index is 1.94. The molecule has 0 aliphatic rings. The fraction of sp³-hybridized carbons (Fsp3) is 0.0588. The van der Waals surface area contributed by atoms with E-state index in [2.05, 4.69) is 38.2 Å². The summed E-state index contributed by atoms with van der Waals surface area (Å²) in [5.41, 5.74) is 10.1. The average molecular weight is 306 g/mol. The fourth-order valence-electron chi connectivity index (χ4n) is 2.56. The summed E-state index contributed by atoms with van der Waals surface area (Å²) in [4.78, 5) is 0.895. The van der Waals surface area contributed by atoms with Crippen molar-refractivity contribution < 1.29 is 0 Å². The third-order valence-electron chi connectivity index (χ3n) is 3.64. The van der Waals surface area contributed by atoms with Crippen LogP contribution < -0.4 is 5.73 Å². The Bertz CT molecular complexity index is 924. The van der Waals surface area contributed by atoms with Crippen LogP contribution in [0.1, 0.15) is 5.56 Å². The zero-order valence-corrected chi connectivity index (χ0v) is 12.6. The smallest absolute Gasteiger partial charge is 0.216 e. The standard InChI is InChI=1S/C17H14N4S/c18-10-12-5-4-8-14(9-12)16-19-20-17-21(16)15(11-22-17)13-6-2-1-3-7-13/h1-9,11H,10,18H2. The molecule has 2 aromatic carbocycles. The van der Waals surface area contributed by atoms with Crippen LogP contribution >= 0.6 is 11.3 Å². The summed E-state index contributed by atoms with van der Waals surface area (Å²) in [5.74, 6) is 0.852. The monoisotopic (exact) mass is 306 g/mol. The molecule has 2 heterocycles. The minimum absolute atomic E-state index is 0.519. The summed E-state index contributed by atoms with van der Waals surface area (Å²) in [6, 6.07) is 18.4. The van der Waals surface area contributed by atoms with E-state index in [1.54, 1.807) is 11.3 Å². The second kappa shape index (κ2) is 5.36. The van der Waals surface area contributed by atoms with Gasteiger partial charge in [0.2, 0.25) is 4.96 Å². The zero-order chi connectivity index (χ0) is 14.9. The summed E-state index contributed by atoms with van der Waals surface area (Å²) >= 11 is 1.60. The second-order valence-corrected chi connectivity index (χ2v) is 5.87. The quantitative estimate of drug-likeness (QED) is 0.629. The summed E-state index contributed by atoms with van der Waals surface area (Å²) in [6.07, 6.45) is 0. The van der Waals surface area contributed by atoms with Crippen molar-refractivity contribution in [3.63, 3.8) is 0 Å². The van der Waals surface area contributed by atoms with Crippen LogP contribution in [0.5, 0.6) is 0 Å². The first kappa shape index (κ1) is 13.2. The molecule has 4 aromatic rings. The molecule has 0 saturated heterocycles. The van der Waals surface area contributed by atoms with Crippen molar-refractivity contribution in [2.45, 2.75) is 6.54 Å². The number of thiazole rings is 1. The Morgan fingerprint density at radius 2 is 1.77 bits per heavy atom. The number of hydrogen-bond acceptors (Lipinski definition) is 4. The highest BCUT2D eigenvalue weighted by molar-refractivity contribution is 7.15. The summed E-state index contributed by atoms with van der Waals surface area (Å²) < 4.78 is 2.11. The van der Waals surface area contributed by atoms with Gasteiger partial charge < -0.3 is 5.73 Å². The Labute approximate surface area is 131 Å². The van der Waals surface area contributed by atoms with Crippen LogP contribution in [0.3, 0.4) is 0 Å². The molecule has 0 unspecified atom stereocenters. The zero-order valence-electron chi connectivity index (χ0n) is 11.8. The molecule has 22 heavy (non-hydrogen) atoms. The Morgan fingerprint density at radius 1 is 0.955 bits per heavy atom. The molecule has 0 fully saturated rings. The van der Waals surface area contributed by atoms with Gasteiger partial charge in [0.1, 0.15) is 0 Å². The van der Waals surface area contributed by atoms with Crippen molar-refractivity contribution >= 4 is 16.3 Å². The van der Waals surface area contributed by atoms with E-state index in [1.165, 1.54) is 0 Å². The van der Waals surface area contributed by atoms with Crippen LogP contribution in [0, 0.1) is 0 Å². The normalized spacial score (nSPS) is 11.1. The van der Waals surface area contributed by atoms with E-state index in [9.17, 15) is 0 Å². The number of aromatic nitrogens is 3. The molecule has 0 aliphatic carbocycles. The Kier molecular flexibility index (Phi) is 3.21. The highest BCUT2D eigenvalue weighted by atomic mass is 32.1. The maximum Gasteiger partial charge on any atom is 0.216 e. The third-order valence-corrected chi connectivity index (χ3v) is 4.46. The van der Waals surface area contributed by atoms with E-state index < -0.39 is 0 Å². The van der Waals surface area contributed by atoms with Crippen LogP contribution in [0.2, 0.25) is 0 Å². The second-order valence-electron chi connectivity index (χ2n) is 5.03. The van der Waals surface area contributed by atoms with Crippen molar-refractivity contribution in [1.29, 1.82) is 0 Å². The molecule has 0 radical (unpaired) electrons. The molecule has 0 bridgehead atoms. The van der Waals surface area contributed by atoms with Gasteiger partial charge in [-0.15, -0.1) is 21.5 Å². The topological polar surface area (TPSA) is 56.2 Å². The highest BCUT2D eigenvalue weighted by Gasteiger charge is 2.14. The average Bonchev–Trinajstić information content (AvgIpc) is 3.17. The van der Waals surface area contributed by atoms with Crippen LogP contribution in [0.4, 0.5) is 0 Å². The van der Waals surface area contributed by atoms with Crippen LogP contribution in [-0.4, -0.2) is 14.6 Å². The van der Waals surface area contributed by atoms with E-state index in [-0.39, 0.29) is 0 Å². The molecule has 0 aliphatic heterocycles. The SMILES string of the molecule is NCc1cccc(-c2nnc3scc(-c4ccccc4)n23)c1. The molecule has 0 atom stereocenters. The number of rotatable bonds is 3. The van der Waals surface area contributed by atoms with E-state index >= 15 is 0 Å². The predicted octanol–water partition coefficient (Wildman–Crippen LogP) is 3.58. The number of fused-ring (bicyclic) bond motifs is 1. The van der Waals surface area contributed by atoms with E-state index in [0.717, 1.165) is 33.2 Å². The molecular formula is C17H14N4S. The van der Waals surface area contributed by atoms with Gasteiger partial charge in [-0.3, -0.25) is 4.40 Å². The van der Waals surface area contributed by atoms with Gasteiger partial charge in [-0.1, -0.05) is 48.5 Å². The number of nitrogens with two attached hydrogens (primary N) is 1. The van der Waals surface area contributed by atoms with Crippen LogP contribution in [0.15, 0.2) is 60.0 Å². The number of benzene rings is 2. The molecule has 0 amide bonds. The largest absolute Gasteiger partial charge is 0.326 e. The van der Waals surface area contributed by atoms with Crippen LogP contribution in [0.25, 0.3) is 27.6 Å². The van der Waals surface area contributed by atoms with Crippen molar-refractivity contribution in [3.8, 4) is 22.6 Å². The van der Waals surface area contributed by atoms with Crippen molar-refractivity contribution in [2.24, 2.45) is 5.73 Å². The van der Waals surface area contributed by atoms with Crippen LogP contribution in [-0.2, 0) is 6.54 Å². The molecule has 0 saturated carbocycles.